The fourth-order valence-electron chi connectivity index (χ4n) is 5.25. The van der Waals surface area contributed by atoms with Crippen LogP contribution in [0.1, 0.15) is 59.9 Å². The molecule has 0 spiro atoms. The first-order valence-corrected chi connectivity index (χ1v) is 22.7. The lowest BCUT2D eigenvalue weighted by Crippen LogP contribution is -2.64. The standard InChI is InChI=1S/C41H62N2O17Si/c1-11-17-51-19-21-53-23-24-54-22-20-52-18-16-42-33(47)14-15-34(48)43-31-12-13-32(30(25-31)26-55-61(9,10)41(5,6)7)59-40-38(58-29(4)46)36(57-28(3)45)35(56-27(2)44)37(60-40)39(49)50-8/h1,12-13,25,35-38,40H,14-24,26H2,2-10H3,(H,42,47)(H,43,48)/t35-,36?,37?,38?,40+/m0/s1. The van der Waals surface area contributed by atoms with Crippen LogP contribution in [-0.2, 0) is 82.4 Å². The summed E-state index contributed by atoms with van der Waals surface area (Å²) in [6.07, 6.45) is -3.07. The quantitative estimate of drug-likeness (QED) is 0.0448. The minimum Gasteiger partial charge on any atom is -0.467 e. The molecule has 20 heteroatoms. The maximum absolute atomic E-state index is 13.0. The molecule has 1 aliphatic heterocycles. The zero-order chi connectivity index (χ0) is 45.6. The second kappa shape index (κ2) is 26.7. The maximum atomic E-state index is 13.0. The van der Waals surface area contributed by atoms with Gasteiger partial charge in [0.05, 0.1) is 60.0 Å². The van der Waals surface area contributed by atoms with Gasteiger partial charge in [0.15, 0.2) is 26.6 Å². The zero-order valence-corrected chi connectivity index (χ0v) is 37.6. The molecule has 1 aromatic rings. The van der Waals surface area contributed by atoms with Crippen molar-refractivity contribution in [3.05, 3.63) is 23.8 Å². The Labute approximate surface area is 358 Å². The number of carbonyl (C=O) groups excluding carboxylic acids is 6. The van der Waals surface area contributed by atoms with Gasteiger partial charge >= 0.3 is 23.9 Å². The van der Waals surface area contributed by atoms with E-state index in [1.165, 1.54) is 12.1 Å². The van der Waals surface area contributed by atoms with Crippen LogP contribution >= 0.6 is 0 Å². The molecule has 1 saturated heterocycles. The SMILES string of the molecule is C#CCOCCOCCOCCOCCNC(=O)CCC(=O)Nc1ccc(O[C@@H]2OC(C(=O)OC)[C@@H](OC(C)=O)C(OC(C)=O)C2OC(C)=O)c(CO[Si](C)(C)C(C)(C)C)c1. The van der Waals surface area contributed by atoms with Crippen molar-refractivity contribution in [2.75, 3.05) is 71.8 Å². The predicted molar refractivity (Wildman–Crippen MR) is 219 cm³/mol. The Kier molecular flexibility index (Phi) is 22.9. The third-order valence-corrected chi connectivity index (χ3v) is 13.7. The third-order valence-electron chi connectivity index (χ3n) is 9.27. The monoisotopic (exact) mass is 882 g/mol. The molecule has 0 bridgehead atoms. The number of hydrogen-bond donors (Lipinski definition) is 2. The van der Waals surface area contributed by atoms with Gasteiger partial charge in [-0.2, -0.15) is 0 Å². The number of anilines is 1. The van der Waals surface area contributed by atoms with Crippen molar-refractivity contribution < 1.29 is 80.6 Å². The first kappa shape index (κ1) is 52.5. The van der Waals surface area contributed by atoms with Gasteiger partial charge in [-0.1, -0.05) is 26.7 Å². The Bertz CT molecular complexity index is 1640. The molecule has 0 radical (unpaired) electrons. The molecule has 5 atom stereocenters. The maximum Gasteiger partial charge on any atom is 0.339 e. The Morgan fingerprint density at radius 2 is 1.31 bits per heavy atom. The molecular formula is C41H62N2O17Si. The van der Waals surface area contributed by atoms with Crippen LogP contribution in [0.5, 0.6) is 5.75 Å². The Hall–Kier alpha value is -4.62. The van der Waals surface area contributed by atoms with E-state index in [-0.39, 0.29) is 55.9 Å². The average molecular weight is 883 g/mol. The highest BCUT2D eigenvalue weighted by Gasteiger charge is 2.56. The minimum absolute atomic E-state index is 0.000560. The lowest BCUT2D eigenvalue weighted by atomic mass is 9.97. The highest BCUT2D eigenvalue weighted by molar-refractivity contribution is 6.74. The largest absolute Gasteiger partial charge is 0.467 e. The smallest absolute Gasteiger partial charge is 0.339 e. The molecule has 1 aromatic carbocycles. The van der Waals surface area contributed by atoms with E-state index < -0.39 is 68.8 Å². The van der Waals surface area contributed by atoms with Crippen molar-refractivity contribution in [3.8, 4) is 18.1 Å². The van der Waals surface area contributed by atoms with Gasteiger partial charge in [0.2, 0.25) is 24.2 Å². The van der Waals surface area contributed by atoms with Crippen molar-refractivity contribution in [3.63, 3.8) is 0 Å². The van der Waals surface area contributed by atoms with Crippen LogP contribution in [0.3, 0.4) is 0 Å². The number of esters is 4. The second-order valence-corrected chi connectivity index (χ2v) is 20.0. The second-order valence-electron chi connectivity index (χ2n) is 15.2. The van der Waals surface area contributed by atoms with Crippen LogP contribution in [0, 0.1) is 12.3 Å². The van der Waals surface area contributed by atoms with E-state index in [9.17, 15) is 28.8 Å². The molecule has 2 amide bonds. The van der Waals surface area contributed by atoms with Gasteiger partial charge in [-0.05, 0) is 36.3 Å². The molecule has 342 valence electrons. The van der Waals surface area contributed by atoms with Crippen LogP contribution in [0.2, 0.25) is 18.1 Å². The van der Waals surface area contributed by atoms with E-state index in [1.54, 1.807) is 6.07 Å². The van der Waals surface area contributed by atoms with Gasteiger partial charge in [0.1, 0.15) is 12.4 Å². The first-order valence-electron chi connectivity index (χ1n) is 19.8. The topological polar surface area (TPSA) is 228 Å². The Balaban J connectivity index is 2.13. The van der Waals surface area contributed by atoms with Crippen LogP contribution in [-0.4, -0.2) is 141 Å². The van der Waals surface area contributed by atoms with Crippen LogP contribution in [0.4, 0.5) is 5.69 Å². The predicted octanol–water partition coefficient (Wildman–Crippen LogP) is 2.81. The number of terminal acetylenes is 1. The summed E-state index contributed by atoms with van der Waals surface area (Å²) in [4.78, 5) is 75.1. The Morgan fingerprint density at radius 1 is 0.770 bits per heavy atom. The zero-order valence-electron chi connectivity index (χ0n) is 36.6. The molecule has 2 rings (SSSR count). The molecule has 1 fully saturated rings. The first-order chi connectivity index (χ1) is 28.8. The molecule has 0 aliphatic carbocycles. The lowest BCUT2D eigenvalue weighted by Gasteiger charge is -2.43. The summed E-state index contributed by atoms with van der Waals surface area (Å²) in [6, 6.07) is 4.64. The third kappa shape index (κ3) is 19.3. The van der Waals surface area contributed by atoms with Crippen molar-refractivity contribution in [1.29, 1.82) is 0 Å². The van der Waals surface area contributed by atoms with Gasteiger partial charge in [-0.3, -0.25) is 24.0 Å². The molecular weight excluding hydrogens is 821 g/mol. The normalized spacial score (nSPS) is 18.9. The average Bonchev–Trinajstić information content (AvgIpc) is 3.17. The summed E-state index contributed by atoms with van der Waals surface area (Å²) in [5.74, 6) is -1.76. The van der Waals surface area contributed by atoms with Gasteiger partial charge in [-0.15, -0.1) is 6.42 Å². The summed E-state index contributed by atoms with van der Waals surface area (Å²) in [6.45, 7) is 16.6. The van der Waals surface area contributed by atoms with E-state index in [0.717, 1.165) is 27.9 Å². The van der Waals surface area contributed by atoms with E-state index >= 15 is 0 Å². The van der Waals surface area contributed by atoms with Gasteiger partial charge in [-0.25, -0.2) is 4.79 Å². The molecule has 1 heterocycles. The summed E-state index contributed by atoms with van der Waals surface area (Å²) in [5.41, 5.74) is 0.774. The van der Waals surface area contributed by atoms with E-state index in [1.807, 2.05) is 13.1 Å². The van der Waals surface area contributed by atoms with Crippen LogP contribution in [0.25, 0.3) is 0 Å². The lowest BCUT2D eigenvalue weighted by molar-refractivity contribution is -0.282. The molecule has 2 N–H and O–H groups in total. The molecule has 0 aromatic heterocycles. The number of ether oxygens (including phenoxy) is 10. The fraction of sp³-hybridized carbons (Fsp3) is 0.659. The number of nitrogens with one attached hydrogen (secondary N) is 2. The van der Waals surface area contributed by atoms with Crippen LogP contribution < -0.4 is 15.4 Å². The van der Waals surface area contributed by atoms with Gasteiger partial charge in [0.25, 0.3) is 0 Å². The highest BCUT2D eigenvalue weighted by Crippen LogP contribution is 2.39. The van der Waals surface area contributed by atoms with Crippen molar-refractivity contribution >= 4 is 49.7 Å². The van der Waals surface area contributed by atoms with E-state index in [2.05, 4.69) is 37.3 Å². The van der Waals surface area contributed by atoms with E-state index in [0.29, 0.717) is 50.9 Å². The molecule has 61 heavy (non-hydrogen) atoms. The highest BCUT2D eigenvalue weighted by atomic mass is 28.4. The number of hydrogen-bond acceptors (Lipinski definition) is 17. The molecule has 19 nitrogen and oxygen atoms in total. The molecule has 1 aliphatic rings. The van der Waals surface area contributed by atoms with Gasteiger partial charge < -0.3 is 62.4 Å². The summed E-state index contributed by atoms with van der Waals surface area (Å²) in [5, 5.41) is 5.32. The minimum atomic E-state index is -2.37. The molecule has 0 saturated carbocycles. The van der Waals surface area contributed by atoms with Crippen molar-refractivity contribution in [2.45, 2.75) is 110 Å². The number of rotatable bonds is 26. The summed E-state index contributed by atoms with van der Waals surface area (Å²) in [7, 11) is -1.29. The molecule has 3 unspecified atom stereocenters. The van der Waals surface area contributed by atoms with Crippen molar-refractivity contribution in [1.82, 2.24) is 5.32 Å². The number of benzene rings is 1. The van der Waals surface area contributed by atoms with Gasteiger partial charge in [0, 0.05) is 51.4 Å². The van der Waals surface area contributed by atoms with Crippen molar-refractivity contribution in [2.24, 2.45) is 0 Å². The van der Waals surface area contributed by atoms with Crippen LogP contribution in [0.15, 0.2) is 18.2 Å². The fourth-order valence-corrected chi connectivity index (χ4v) is 6.20. The van der Waals surface area contributed by atoms with E-state index in [4.69, 9.17) is 58.2 Å². The number of methoxy groups -OCH3 is 1. The number of carbonyl (C=O) groups is 6. The summed E-state index contributed by atoms with van der Waals surface area (Å²) < 4.78 is 61.3. The summed E-state index contributed by atoms with van der Waals surface area (Å²) >= 11 is 0. The number of amides is 2. The Morgan fingerprint density at radius 3 is 1.87 bits per heavy atom.